The number of hydrogen-bond donors (Lipinski definition) is 2. The van der Waals surface area contributed by atoms with Crippen LogP contribution in [-0.4, -0.2) is 5.91 Å². The van der Waals surface area contributed by atoms with Crippen LogP contribution in [0, 0.1) is 6.92 Å². The van der Waals surface area contributed by atoms with E-state index in [4.69, 9.17) is 10.5 Å². The molecule has 4 heteroatoms. The lowest BCUT2D eigenvalue weighted by Gasteiger charge is -2.11. The molecule has 0 aliphatic heterocycles. The first-order chi connectivity index (χ1) is 13.0. The summed E-state index contributed by atoms with van der Waals surface area (Å²) in [5, 5.41) is 2.92. The van der Waals surface area contributed by atoms with Gasteiger partial charge in [-0.15, -0.1) is 0 Å². The molecule has 0 aliphatic carbocycles. The number of allylic oxidation sites excluding steroid dienone is 2. The fraction of sp³-hybridized carbons (Fsp3) is 0.261. The maximum absolute atomic E-state index is 12.4. The van der Waals surface area contributed by atoms with Gasteiger partial charge >= 0.3 is 0 Å². The Morgan fingerprint density at radius 1 is 1.19 bits per heavy atom. The minimum absolute atomic E-state index is 0.175. The van der Waals surface area contributed by atoms with E-state index in [9.17, 15) is 4.79 Å². The molecule has 142 valence electrons. The van der Waals surface area contributed by atoms with Crippen molar-refractivity contribution in [3.63, 3.8) is 0 Å². The number of nitrogens with one attached hydrogen (secondary N) is 1. The average molecular weight is 364 g/mol. The van der Waals surface area contributed by atoms with E-state index in [2.05, 4.69) is 24.4 Å². The summed E-state index contributed by atoms with van der Waals surface area (Å²) in [6, 6.07) is 15.9. The fourth-order valence-electron chi connectivity index (χ4n) is 2.58. The highest BCUT2D eigenvalue weighted by Gasteiger charge is 2.09. The molecule has 2 aromatic rings. The lowest BCUT2D eigenvalue weighted by atomic mass is 10.1. The number of benzene rings is 2. The number of amides is 1. The van der Waals surface area contributed by atoms with E-state index in [-0.39, 0.29) is 5.91 Å². The standard InChI is InChI=1S/C23H28N2O2/c1-4-5-13-22(18(3)24)23(26)25-15-19-10-8-12-21(14-19)27-16-20-11-7-6-9-17(20)2/h5-14H,4,15-16,24H2,1-3H3,(H,25,26)/b13-5-,22-18-. The molecule has 0 spiro atoms. The Hall–Kier alpha value is -3.01. The molecule has 0 saturated heterocycles. The SMILES string of the molecule is CC/C=C\C(C(=O)NCc1cccc(OCc2ccccc2C)c1)=C(/C)N. The van der Waals surface area contributed by atoms with Crippen LogP contribution in [0.5, 0.6) is 5.75 Å². The van der Waals surface area contributed by atoms with Crippen LogP contribution in [0.4, 0.5) is 0 Å². The quantitative estimate of drug-likeness (QED) is 0.539. The van der Waals surface area contributed by atoms with Gasteiger partial charge in [0.15, 0.2) is 0 Å². The first-order valence-corrected chi connectivity index (χ1v) is 9.18. The van der Waals surface area contributed by atoms with Gasteiger partial charge in [-0.25, -0.2) is 0 Å². The third-order valence-corrected chi connectivity index (χ3v) is 4.20. The Morgan fingerprint density at radius 2 is 1.96 bits per heavy atom. The van der Waals surface area contributed by atoms with E-state index in [0.717, 1.165) is 23.3 Å². The smallest absolute Gasteiger partial charge is 0.253 e. The van der Waals surface area contributed by atoms with Crippen molar-refractivity contribution < 1.29 is 9.53 Å². The van der Waals surface area contributed by atoms with Crippen LogP contribution in [0.25, 0.3) is 0 Å². The van der Waals surface area contributed by atoms with Gasteiger partial charge in [0.05, 0.1) is 5.57 Å². The van der Waals surface area contributed by atoms with Gasteiger partial charge in [0, 0.05) is 12.2 Å². The van der Waals surface area contributed by atoms with Crippen molar-refractivity contribution in [3.05, 3.63) is 88.6 Å². The van der Waals surface area contributed by atoms with E-state index in [1.54, 1.807) is 13.0 Å². The largest absolute Gasteiger partial charge is 0.489 e. The van der Waals surface area contributed by atoms with Gasteiger partial charge in [-0.1, -0.05) is 55.5 Å². The van der Waals surface area contributed by atoms with E-state index in [1.165, 1.54) is 5.56 Å². The van der Waals surface area contributed by atoms with Crippen LogP contribution >= 0.6 is 0 Å². The number of rotatable bonds is 8. The highest BCUT2D eigenvalue weighted by Crippen LogP contribution is 2.17. The fourth-order valence-corrected chi connectivity index (χ4v) is 2.58. The summed E-state index contributed by atoms with van der Waals surface area (Å²) in [6.07, 6.45) is 4.54. The minimum atomic E-state index is -0.175. The highest BCUT2D eigenvalue weighted by atomic mass is 16.5. The Balaban J connectivity index is 1.97. The van der Waals surface area contributed by atoms with Crippen molar-refractivity contribution in [1.82, 2.24) is 5.32 Å². The first kappa shape index (κ1) is 20.3. The molecule has 0 bridgehead atoms. The Labute approximate surface area is 161 Å². The summed E-state index contributed by atoms with van der Waals surface area (Å²) < 4.78 is 5.91. The number of aryl methyl sites for hydroxylation is 1. The molecule has 0 fully saturated rings. The van der Waals surface area contributed by atoms with E-state index < -0.39 is 0 Å². The van der Waals surface area contributed by atoms with Crippen molar-refractivity contribution in [3.8, 4) is 5.75 Å². The minimum Gasteiger partial charge on any atom is -0.489 e. The van der Waals surface area contributed by atoms with E-state index in [0.29, 0.717) is 24.4 Å². The second-order valence-electron chi connectivity index (χ2n) is 6.45. The molecule has 27 heavy (non-hydrogen) atoms. The van der Waals surface area contributed by atoms with Crippen molar-refractivity contribution in [1.29, 1.82) is 0 Å². The molecule has 0 unspecified atom stereocenters. The average Bonchev–Trinajstić information content (AvgIpc) is 2.66. The molecule has 2 rings (SSSR count). The number of nitrogens with two attached hydrogens (primary N) is 1. The lowest BCUT2D eigenvalue weighted by Crippen LogP contribution is -2.25. The van der Waals surface area contributed by atoms with Crippen LogP contribution < -0.4 is 15.8 Å². The molecule has 0 radical (unpaired) electrons. The predicted octanol–water partition coefficient (Wildman–Crippen LogP) is 4.39. The van der Waals surface area contributed by atoms with Gasteiger partial charge in [-0.3, -0.25) is 4.79 Å². The van der Waals surface area contributed by atoms with Gasteiger partial charge in [-0.05, 0) is 49.1 Å². The molecule has 0 aromatic heterocycles. The second-order valence-corrected chi connectivity index (χ2v) is 6.45. The van der Waals surface area contributed by atoms with Gasteiger partial charge in [0.2, 0.25) is 0 Å². The molecule has 0 saturated carbocycles. The first-order valence-electron chi connectivity index (χ1n) is 9.18. The third-order valence-electron chi connectivity index (χ3n) is 4.20. The number of carbonyl (C=O) groups is 1. The Bertz CT molecular complexity index is 834. The monoisotopic (exact) mass is 364 g/mol. The van der Waals surface area contributed by atoms with Crippen molar-refractivity contribution in [2.45, 2.75) is 40.3 Å². The number of ether oxygens (including phenoxy) is 1. The zero-order valence-electron chi connectivity index (χ0n) is 16.3. The molecule has 0 atom stereocenters. The molecule has 0 heterocycles. The summed E-state index contributed by atoms with van der Waals surface area (Å²) in [6.45, 7) is 6.75. The van der Waals surface area contributed by atoms with Crippen molar-refractivity contribution >= 4 is 5.91 Å². The summed E-state index contributed by atoms with van der Waals surface area (Å²) in [5.74, 6) is 0.604. The van der Waals surface area contributed by atoms with Gasteiger partial charge in [0.25, 0.3) is 5.91 Å². The second kappa shape index (κ2) is 10.2. The predicted molar refractivity (Wildman–Crippen MR) is 110 cm³/mol. The van der Waals surface area contributed by atoms with Crippen LogP contribution in [-0.2, 0) is 17.9 Å². The van der Waals surface area contributed by atoms with E-state index >= 15 is 0 Å². The molecule has 1 amide bonds. The third kappa shape index (κ3) is 6.33. The van der Waals surface area contributed by atoms with Gasteiger partial charge < -0.3 is 15.8 Å². The summed E-state index contributed by atoms with van der Waals surface area (Å²) in [7, 11) is 0. The molecule has 4 nitrogen and oxygen atoms in total. The molecule has 0 aliphatic rings. The molecule has 2 aromatic carbocycles. The van der Waals surface area contributed by atoms with Crippen LogP contribution in [0.15, 0.2) is 72.0 Å². The van der Waals surface area contributed by atoms with E-state index in [1.807, 2.05) is 49.4 Å². The molecular weight excluding hydrogens is 336 g/mol. The molecular formula is C23H28N2O2. The van der Waals surface area contributed by atoms with Crippen LogP contribution in [0.1, 0.15) is 37.0 Å². The maximum atomic E-state index is 12.4. The van der Waals surface area contributed by atoms with Crippen molar-refractivity contribution in [2.75, 3.05) is 0 Å². The van der Waals surface area contributed by atoms with Crippen molar-refractivity contribution in [2.24, 2.45) is 5.73 Å². The zero-order valence-corrected chi connectivity index (χ0v) is 16.3. The Morgan fingerprint density at radius 3 is 2.67 bits per heavy atom. The highest BCUT2D eigenvalue weighted by molar-refractivity contribution is 5.96. The lowest BCUT2D eigenvalue weighted by molar-refractivity contribution is -0.117. The topological polar surface area (TPSA) is 64.3 Å². The van der Waals surface area contributed by atoms with Gasteiger partial charge in [0.1, 0.15) is 12.4 Å². The van der Waals surface area contributed by atoms with Crippen LogP contribution in [0.2, 0.25) is 0 Å². The van der Waals surface area contributed by atoms with Gasteiger partial charge in [-0.2, -0.15) is 0 Å². The number of carbonyl (C=O) groups excluding carboxylic acids is 1. The van der Waals surface area contributed by atoms with Crippen LogP contribution in [0.3, 0.4) is 0 Å². The zero-order chi connectivity index (χ0) is 19.6. The summed E-state index contributed by atoms with van der Waals surface area (Å²) >= 11 is 0. The molecule has 3 N–H and O–H groups in total. The number of hydrogen-bond acceptors (Lipinski definition) is 3. The summed E-state index contributed by atoms with van der Waals surface area (Å²) in [5.41, 5.74) is 10.2. The Kier molecular flexibility index (Phi) is 7.68. The summed E-state index contributed by atoms with van der Waals surface area (Å²) in [4.78, 5) is 12.4. The maximum Gasteiger partial charge on any atom is 0.253 e. The normalized spacial score (nSPS) is 12.0.